The predicted octanol–water partition coefficient (Wildman–Crippen LogP) is -1.54. The van der Waals surface area contributed by atoms with Gasteiger partial charge in [0.2, 0.25) is 17.4 Å². The Kier molecular flexibility index (Phi) is 7.91. The lowest BCUT2D eigenvalue weighted by Crippen LogP contribution is -2.71. The standard InChI is InChI=1S/C18H23FN8O6S2/c1-27(2,4-3-9(20)28)5-8-6-34-16-11(15(30)26(16)12(8)17(31)32)22-14(29)10(24-33-7-19)13-23-18(21)35-25-13/h11,16H,3-7H2,1-2H3,(H5-,20,21,22,23,25,28,29,31,32)/p+1/t11-,16+/m1/s1. The number of thioether (sulfide) groups is 1. The largest absolute Gasteiger partial charge is 0.477 e. The Labute approximate surface area is 206 Å². The summed E-state index contributed by atoms with van der Waals surface area (Å²) >= 11 is 2.06. The lowest BCUT2D eigenvalue weighted by atomic mass is 10.0. The zero-order chi connectivity index (χ0) is 25.9. The number of likely N-dealkylation sites (N-methyl/N-ethyl adjacent to an activating group) is 1. The maximum atomic E-state index is 12.9. The van der Waals surface area contributed by atoms with E-state index >= 15 is 0 Å². The summed E-state index contributed by atoms with van der Waals surface area (Å²) in [6.45, 7) is -0.636. The second kappa shape index (κ2) is 10.5. The Bertz CT molecular complexity index is 1110. The SMILES string of the molecule is C[N+](C)(CCC(N)=O)CC1=C(C(=O)O)N2C(=O)[C@@H](NC(=O)C(=NOCF)c3nsc(N)n3)[C@@H]2SC1. The van der Waals surface area contributed by atoms with Crippen LogP contribution < -0.4 is 16.8 Å². The van der Waals surface area contributed by atoms with E-state index in [0.717, 1.165) is 16.4 Å². The zero-order valence-corrected chi connectivity index (χ0v) is 20.4. The van der Waals surface area contributed by atoms with E-state index in [1.807, 2.05) is 14.1 Å². The molecule has 0 spiro atoms. The molecule has 0 bridgehead atoms. The molecule has 0 aliphatic carbocycles. The molecule has 3 amide bonds. The summed E-state index contributed by atoms with van der Waals surface area (Å²) in [4.78, 5) is 58.1. The Morgan fingerprint density at radius 2 is 2.11 bits per heavy atom. The van der Waals surface area contributed by atoms with Crippen LogP contribution >= 0.6 is 23.3 Å². The van der Waals surface area contributed by atoms with Crippen molar-refractivity contribution in [3.05, 3.63) is 17.1 Å². The quantitative estimate of drug-likeness (QED) is 0.112. The number of quaternary nitrogens is 1. The number of rotatable bonds is 11. The van der Waals surface area contributed by atoms with E-state index in [2.05, 4.69) is 24.7 Å². The average Bonchev–Trinajstić information content (AvgIpc) is 3.21. The van der Waals surface area contributed by atoms with Gasteiger partial charge in [-0.25, -0.2) is 9.18 Å². The number of primary amides is 1. The number of carbonyl (C=O) groups excluding carboxylic acids is 3. The van der Waals surface area contributed by atoms with Crippen LogP contribution in [0.2, 0.25) is 0 Å². The fourth-order valence-corrected chi connectivity index (χ4v) is 5.40. The number of fused-ring (bicyclic) bond motifs is 1. The number of nitrogens with zero attached hydrogens (tertiary/aromatic N) is 5. The molecular weight excluding hydrogens is 507 g/mol. The van der Waals surface area contributed by atoms with E-state index in [-0.39, 0.29) is 35.4 Å². The first-order chi connectivity index (χ1) is 16.4. The van der Waals surface area contributed by atoms with E-state index in [1.54, 1.807) is 0 Å². The molecule has 3 heterocycles. The van der Waals surface area contributed by atoms with Crippen molar-refractivity contribution in [2.24, 2.45) is 10.9 Å². The fraction of sp³-hybridized carbons (Fsp3) is 0.500. The van der Waals surface area contributed by atoms with Gasteiger partial charge in [0.15, 0.2) is 5.13 Å². The number of carbonyl (C=O) groups is 4. The van der Waals surface area contributed by atoms with Crippen LogP contribution in [0.1, 0.15) is 12.2 Å². The number of anilines is 1. The molecule has 2 atom stereocenters. The van der Waals surface area contributed by atoms with Gasteiger partial charge in [-0.2, -0.15) is 9.36 Å². The number of nitrogen functional groups attached to an aromatic ring is 1. The van der Waals surface area contributed by atoms with Gasteiger partial charge in [-0.1, -0.05) is 5.16 Å². The molecule has 190 valence electrons. The van der Waals surface area contributed by atoms with E-state index in [0.29, 0.717) is 16.6 Å². The number of oxime groups is 1. The maximum absolute atomic E-state index is 12.9. The average molecular weight is 532 g/mol. The Morgan fingerprint density at radius 1 is 1.40 bits per heavy atom. The Hall–Kier alpha value is -3.31. The number of β-lactam (4-membered cyclic amide) rings is 1. The summed E-state index contributed by atoms with van der Waals surface area (Å²) in [6, 6.07) is -1.06. The molecule has 0 radical (unpaired) electrons. The third-order valence-electron chi connectivity index (χ3n) is 5.19. The summed E-state index contributed by atoms with van der Waals surface area (Å²) in [5.74, 6) is -3.21. The topological polar surface area (TPSA) is 203 Å². The summed E-state index contributed by atoms with van der Waals surface area (Å²) in [7, 11) is 3.65. The number of hydrogen-bond acceptors (Lipinski definition) is 11. The molecule has 35 heavy (non-hydrogen) atoms. The Morgan fingerprint density at radius 3 is 2.69 bits per heavy atom. The van der Waals surface area contributed by atoms with E-state index in [9.17, 15) is 28.7 Å². The number of aliphatic carboxylic acids is 1. The number of carboxylic acids is 1. The van der Waals surface area contributed by atoms with Crippen LogP contribution in [0.25, 0.3) is 0 Å². The van der Waals surface area contributed by atoms with Gasteiger partial charge >= 0.3 is 5.97 Å². The van der Waals surface area contributed by atoms with Crippen LogP contribution in [0.15, 0.2) is 16.4 Å². The molecule has 0 unspecified atom stereocenters. The minimum absolute atomic E-state index is 0.0374. The molecule has 1 aromatic rings. The predicted molar refractivity (Wildman–Crippen MR) is 123 cm³/mol. The third-order valence-corrected chi connectivity index (χ3v) is 7.07. The number of amides is 3. The normalized spacial score (nSPS) is 20.3. The molecule has 1 aromatic heterocycles. The molecular formula is C18H24FN8O6S2+. The van der Waals surface area contributed by atoms with Crippen LogP contribution in [-0.2, 0) is 24.0 Å². The van der Waals surface area contributed by atoms with E-state index in [4.69, 9.17) is 11.5 Å². The van der Waals surface area contributed by atoms with Gasteiger partial charge in [0, 0.05) is 22.9 Å². The molecule has 6 N–H and O–H groups in total. The molecule has 0 aromatic carbocycles. The summed E-state index contributed by atoms with van der Waals surface area (Å²) in [5.41, 5.74) is 10.6. The first-order valence-electron chi connectivity index (χ1n) is 10.1. The van der Waals surface area contributed by atoms with Crippen molar-refractivity contribution in [1.29, 1.82) is 0 Å². The van der Waals surface area contributed by atoms with Gasteiger partial charge in [0.25, 0.3) is 18.7 Å². The van der Waals surface area contributed by atoms with E-state index < -0.39 is 47.7 Å². The van der Waals surface area contributed by atoms with Crippen molar-refractivity contribution in [3.8, 4) is 0 Å². The summed E-state index contributed by atoms with van der Waals surface area (Å²) in [5, 5.41) is 15.0. The van der Waals surface area contributed by atoms with Crippen LogP contribution in [-0.4, -0.2) is 104 Å². The monoisotopic (exact) mass is 531 g/mol. The van der Waals surface area contributed by atoms with E-state index in [1.165, 1.54) is 11.8 Å². The highest BCUT2D eigenvalue weighted by atomic mass is 32.2. The number of hydrogen-bond donors (Lipinski definition) is 4. The highest BCUT2D eigenvalue weighted by Gasteiger charge is 2.55. The van der Waals surface area contributed by atoms with Gasteiger partial charge < -0.3 is 31.2 Å². The van der Waals surface area contributed by atoms with Crippen molar-refractivity contribution in [3.63, 3.8) is 0 Å². The molecule has 1 fully saturated rings. The second-order valence-corrected chi connectivity index (χ2v) is 10.2. The van der Waals surface area contributed by atoms with Gasteiger partial charge in [0.1, 0.15) is 23.7 Å². The van der Waals surface area contributed by atoms with Gasteiger partial charge in [-0.3, -0.25) is 19.3 Å². The minimum Gasteiger partial charge on any atom is -0.477 e. The summed E-state index contributed by atoms with van der Waals surface area (Å²) < 4.78 is 16.6. The van der Waals surface area contributed by atoms with Crippen molar-refractivity contribution < 1.29 is 38.0 Å². The van der Waals surface area contributed by atoms with Crippen LogP contribution in [0.5, 0.6) is 0 Å². The first-order valence-corrected chi connectivity index (χ1v) is 11.9. The second-order valence-electron chi connectivity index (χ2n) is 8.29. The van der Waals surface area contributed by atoms with Crippen molar-refractivity contribution in [1.82, 2.24) is 19.6 Å². The molecule has 2 aliphatic heterocycles. The van der Waals surface area contributed by atoms with Gasteiger partial charge in [0.05, 0.1) is 27.1 Å². The lowest BCUT2D eigenvalue weighted by molar-refractivity contribution is -0.885. The van der Waals surface area contributed by atoms with Crippen LogP contribution in [0.3, 0.4) is 0 Å². The molecule has 17 heteroatoms. The molecule has 1 saturated heterocycles. The van der Waals surface area contributed by atoms with Crippen LogP contribution in [0, 0.1) is 0 Å². The molecule has 0 saturated carbocycles. The third kappa shape index (κ3) is 5.85. The maximum Gasteiger partial charge on any atom is 0.352 e. The number of nitrogens with one attached hydrogen (secondary N) is 1. The first kappa shape index (κ1) is 26.3. The van der Waals surface area contributed by atoms with Crippen molar-refractivity contribution in [2.75, 3.05) is 45.5 Å². The minimum atomic E-state index is -1.31. The highest BCUT2D eigenvalue weighted by Crippen LogP contribution is 2.40. The molecule has 14 nitrogen and oxygen atoms in total. The number of carboxylic acid groups (broad SMARTS) is 1. The smallest absolute Gasteiger partial charge is 0.352 e. The van der Waals surface area contributed by atoms with Crippen molar-refractivity contribution in [2.45, 2.75) is 17.8 Å². The fourth-order valence-electron chi connectivity index (χ4n) is 3.63. The lowest BCUT2D eigenvalue weighted by Gasteiger charge is -2.49. The molecule has 2 aliphatic rings. The number of halogens is 1. The number of nitrogens with two attached hydrogens (primary N) is 2. The zero-order valence-electron chi connectivity index (χ0n) is 18.8. The van der Waals surface area contributed by atoms with Crippen LogP contribution in [0.4, 0.5) is 9.52 Å². The van der Waals surface area contributed by atoms with Crippen molar-refractivity contribution >= 4 is 57.8 Å². The van der Waals surface area contributed by atoms with Gasteiger partial charge in [-0.15, -0.1) is 11.8 Å². The Balaban J connectivity index is 1.78. The summed E-state index contributed by atoms with van der Waals surface area (Å²) in [6.07, 6.45) is 0.130. The number of alkyl halides is 1. The highest BCUT2D eigenvalue weighted by molar-refractivity contribution is 8.00. The molecule has 3 rings (SSSR count). The van der Waals surface area contributed by atoms with Gasteiger partial charge in [-0.05, 0) is 0 Å². The number of aromatic nitrogens is 2.